The van der Waals surface area contributed by atoms with Gasteiger partial charge in [-0.25, -0.2) is 18.5 Å². The first-order valence-electron chi connectivity index (χ1n) is 8.31. The molecular weight excluding hydrogens is 379 g/mol. The fourth-order valence-corrected chi connectivity index (χ4v) is 4.15. The lowest BCUT2D eigenvalue weighted by atomic mass is 10.0. The highest BCUT2D eigenvalue weighted by Gasteiger charge is 2.57. The molecule has 2 unspecified atom stereocenters. The maximum absolute atomic E-state index is 13.1. The van der Waals surface area contributed by atoms with Crippen molar-refractivity contribution in [1.82, 2.24) is 4.98 Å². The van der Waals surface area contributed by atoms with Crippen molar-refractivity contribution in [3.63, 3.8) is 0 Å². The molecule has 1 aliphatic carbocycles. The average Bonchev–Trinajstić information content (AvgIpc) is 3.12. The van der Waals surface area contributed by atoms with E-state index >= 15 is 0 Å². The highest BCUT2D eigenvalue weighted by atomic mass is 32.2. The van der Waals surface area contributed by atoms with Crippen molar-refractivity contribution in [3.8, 4) is 0 Å². The van der Waals surface area contributed by atoms with Crippen molar-refractivity contribution in [2.75, 3.05) is 11.9 Å². The summed E-state index contributed by atoms with van der Waals surface area (Å²) in [5, 5.41) is 7.93. The highest BCUT2D eigenvalue weighted by Crippen LogP contribution is 2.64. The molecule has 0 radical (unpaired) electrons. The van der Waals surface area contributed by atoms with E-state index in [1.165, 1.54) is 24.4 Å². The summed E-state index contributed by atoms with van der Waals surface area (Å²) >= 11 is 0. The van der Waals surface area contributed by atoms with Gasteiger partial charge in [0.05, 0.1) is 10.5 Å². The van der Waals surface area contributed by atoms with E-state index in [9.17, 15) is 21.6 Å². The smallest absolute Gasteiger partial charge is 0.369 e. The highest BCUT2D eigenvalue weighted by molar-refractivity contribution is 7.89. The molecule has 0 aliphatic heterocycles. The third kappa shape index (κ3) is 3.93. The predicted octanol–water partition coefficient (Wildman–Crippen LogP) is 3.60. The molecule has 1 aromatic carbocycles. The maximum Gasteiger partial charge on any atom is 0.419 e. The van der Waals surface area contributed by atoms with E-state index in [0.29, 0.717) is 6.54 Å². The quantitative estimate of drug-likeness (QED) is 0.805. The van der Waals surface area contributed by atoms with E-state index in [0.717, 1.165) is 11.6 Å². The van der Waals surface area contributed by atoms with Crippen LogP contribution in [0.2, 0.25) is 0 Å². The number of alkyl halides is 3. The number of primary sulfonamides is 1. The third-order valence-corrected chi connectivity index (χ3v) is 6.15. The summed E-state index contributed by atoms with van der Waals surface area (Å²) in [7, 11) is -3.76. The standard InChI is InChI=1S/C18H20F3N3O2S/c1-17(2)14(10-24-16-13(18(19,20)21)4-3-9-23-16)15(17)11-5-7-12(8-6-11)27(22,25)26/h3-9,14-15H,10H2,1-2H3,(H,23,24)(H2,22,25,26). The number of halogens is 3. The number of hydrogen-bond donors (Lipinski definition) is 2. The zero-order chi connectivity index (χ0) is 20.0. The topological polar surface area (TPSA) is 85.1 Å². The van der Waals surface area contributed by atoms with Gasteiger partial charge in [-0.1, -0.05) is 26.0 Å². The van der Waals surface area contributed by atoms with Crippen molar-refractivity contribution in [3.05, 3.63) is 53.7 Å². The molecular formula is C18H20F3N3O2S. The number of benzene rings is 1. The van der Waals surface area contributed by atoms with Gasteiger partial charge in [0.25, 0.3) is 0 Å². The zero-order valence-corrected chi connectivity index (χ0v) is 15.6. The minimum atomic E-state index is -4.47. The molecule has 1 aromatic heterocycles. The summed E-state index contributed by atoms with van der Waals surface area (Å²) in [6, 6.07) is 8.55. The number of rotatable bonds is 5. The van der Waals surface area contributed by atoms with Gasteiger partial charge in [0.15, 0.2) is 0 Å². The SMILES string of the molecule is CC1(C)C(CNc2ncccc2C(F)(F)F)C1c1ccc(S(N)(=O)=O)cc1. The van der Waals surface area contributed by atoms with E-state index in [-0.39, 0.29) is 28.0 Å². The largest absolute Gasteiger partial charge is 0.419 e. The first kappa shape index (κ1) is 19.6. The Morgan fingerprint density at radius 3 is 2.37 bits per heavy atom. The summed E-state index contributed by atoms with van der Waals surface area (Å²) in [5.41, 5.74) is -0.00251. The second-order valence-corrected chi connectivity index (χ2v) is 8.86. The summed E-state index contributed by atoms with van der Waals surface area (Å²) in [4.78, 5) is 3.85. The van der Waals surface area contributed by atoms with Gasteiger partial charge in [-0.15, -0.1) is 0 Å². The van der Waals surface area contributed by atoms with E-state index in [1.807, 2.05) is 13.8 Å². The Morgan fingerprint density at radius 1 is 1.19 bits per heavy atom. The van der Waals surface area contributed by atoms with Crippen molar-refractivity contribution >= 4 is 15.8 Å². The average molecular weight is 399 g/mol. The minimum Gasteiger partial charge on any atom is -0.369 e. The van der Waals surface area contributed by atoms with Gasteiger partial charge in [-0.2, -0.15) is 13.2 Å². The number of anilines is 1. The molecule has 3 N–H and O–H groups in total. The Balaban J connectivity index is 1.74. The molecule has 27 heavy (non-hydrogen) atoms. The number of nitrogens with zero attached hydrogens (tertiary/aromatic N) is 1. The van der Waals surface area contributed by atoms with Crippen molar-refractivity contribution < 1.29 is 21.6 Å². The third-order valence-electron chi connectivity index (χ3n) is 5.22. The van der Waals surface area contributed by atoms with Gasteiger partial charge in [0, 0.05) is 12.7 Å². The molecule has 1 heterocycles. The second-order valence-electron chi connectivity index (χ2n) is 7.30. The first-order chi connectivity index (χ1) is 12.4. The fourth-order valence-electron chi connectivity index (χ4n) is 3.63. The Morgan fingerprint density at radius 2 is 1.81 bits per heavy atom. The lowest BCUT2D eigenvalue weighted by molar-refractivity contribution is -0.137. The van der Waals surface area contributed by atoms with Gasteiger partial charge in [0.1, 0.15) is 5.82 Å². The number of hydrogen-bond acceptors (Lipinski definition) is 4. The molecule has 1 saturated carbocycles. The molecule has 0 bridgehead atoms. The molecule has 146 valence electrons. The fraction of sp³-hybridized carbons (Fsp3) is 0.389. The summed E-state index contributed by atoms with van der Waals surface area (Å²) in [6.07, 6.45) is -3.16. The number of nitrogens with one attached hydrogen (secondary N) is 1. The van der Waals surface area contributed by atoms with E-state index in [1.54, 1.807) is 12.1 Å². The lowest BCUT2D eigenvalue weighted by Crippen LogP contribution is -2.15. The first-order valence-corrected chi connectivity index (χ1v) is 9.86. The molecule has 9 heteroatoms. The van der Waals surface area contributed by atoms with Crippen LogP contribution in [0.15, 0.2) is 47.5 Å². The number of sulfonamides is 1. The van der Waals surface area contributed by atoms with Crippen LogP contribution < -0.4 is 10.5 Å². The molecule has 2 aromatic rings. The maximum atomic E-state index is 13.1. The Hall–Kier alpha value is -2.13. The zero-order valence-electron chi connectivity index (χ0n) is 14.8. The molecule has 0 amide bonds. The molecule has 1 fully saturated rings. The Labute approximate surface area is 155 Å². The predicted molar refractivity (Wildman–Crippen MR) is 95.6 cm³/mol. The molecule has 1 aliphatic rings. The molecule has 2 atom stereocenters. The van der Waals surface area contributed by atoms with Crippen LogP contribution in [0, 0.1) is 11.3 Å². The Bertz CT molecular complexity index is 941. The summed E-state index contributed by atoms with van der Waals surface area (Å²) in [6.45, 7) is 4.39. The van der Waals surface area contributed by atoms with E-state index in [2.05, 4.69) is 10.3 Å². The number of aromatic nitrogens is 1. The van der Waals surface area contributed by atoms with Crippen molar-refractivity contribution in [1.29, 1.82) is 0 Å². The van der Waals surface area contributed by atoms with Crippen LogP contribution in [0.1, 0.15) is 30.9 Å². The van der Waals surface area contributed by atoms with Gasteiger partial charge in [-0.05, 0) is 47.1 Å². The van der Waals surface area contributed by atoms with Crippen LogP contribution in [0.5, 0.6) is 0 Å². The van der Waals surface area contributed by atoms with Crippen LogP contribution in [0.25, 0.3) is 0 Å². The van der Waals surface area contributed by atoms with Crippen LogP contribution >= 0.6 is 0 Å². The van der Waals surface area contributed by atoms with Gasteiger partial charge in [0.2, 0.25) is 10.0 Å². The van der Waals surface area contributed by atoms with Crippen molar-refractivity contribution in [2.45, 2.75) is 30.8 Å². The summed E-state index contributed by atoms with van der Waals surface area (Å²) < 4.78 is 62.0. The normalized spacial score (nSPS) is 21.7. The van der Waals surface area contributed by atoms with E-state index < -0.39 is 21.8 Å². The van der Waals surface area contributed by atoms with Crippen molar-refractivity contribution in [2.24, 2.45) is 16.5 Å². The Kier molecular flexibility index (Phi) is 4.72. The monoisotopic (exact) mass is 399 g/mol. The molecule has 0 spiro atoms. The van der Waals surface area contributed by atoms with Gasteiger partial charge in [-0.3, -0.25) is 0 Å². The lowest BCUT2D eigenvalue weighted by Gasteiger charge is -2.13. The van der Waals surface area contributed by atoms with E-state index in [4.69, 9.17) is 5.14 Å². The van der Waals surface area contributed by atoms with Crippen LogP contribution in [0.3, 0.4) is 0 Å². The second kappa shape index (κ2) is 6.49. The van der Waals surface area contributed by atoms with Crippen LogP contribution in [-0.2, 0) is 16.2 Å². The van der Waals surface area contributed by atoms with Crippen LogP contribution in [-0.4, -0.2) is 19.9 Å². The number of nitrogens with two attached hydrogens (primary N) is 1. The summed E-state index contributed by atoms with van der Waals surface area (Å²) in [5.74, 6) is -0.00507. The molecule has 3 rings (SSSR count). The van der Waals surface area contributed by atoms with Gasteiger partial charge >= 0.3 is 6.18 Å². The molecule has 5 nitrogen and oxygen atoms in total. The number of pyridine rings is 1. The van der Waals surface area contributed by atoms with Gasteiger partial charge < -0.3 is 5.32 Å². The molecule has 0 saturated heterocycles. The van der Waals surface area contributed by atoms with Crippen LogP contribution in [0.4, 0.5) is 19.0 Å². The minimum absolute atomic E-state index is 0.0303.